The molecule has 2 N–H and O–H groups in total. The predicted molar refractivity (Wildman–Crippen MR) is 171 cm³/mol. The van der Waals surface area contributed by atoms with Gasteiger partial charge in [0.05, 0.1) is 33.0 Å². The van der Waals surface area contributed by atoms with Crippen molar-refractivity contribution in [2.75, 3.05) is 44.6 Å². The van der Waals surface area contributed by atoms with Crippen molar-refractivity contribution in [3.8, 4) is 0 Å². The van der Waals surface area contributed by atoms with Crippen LogP contribution in [0, 0.1) is 5.41 Å². The predicted octanol–water partition coefficient (Wildman–Crippen LogP) is 6.90. The molecule has 2 heterocycles. The topological polar surface area (TPSA) is 123 Å². The van der Waals surface area contributed by atoms with Crippen molar-refractivity contribution in [3.05, 3.63) is 57.6 Å². The van der Waals surface area contributed by atoms with Crippen molar-refractivity contribution in [1.82, 2.24) is 14.7 Å². The number of benzene rings is 2. The standard InChI is InChI=1S/C24H30ClF3N4O4.C8H3ClF3NO/c25-18-4-3-16(14-17(18)24(26,27)28)29-22(36)31-10-5-21(35)30(12-13-31)9-1-2-20(34)32-11-8-23(6-7-23)19(33)15-32;9-7-2-1-5(13-4-14)3-6(7)8(10,11)12/h3-4,14,19,33H,1-2,5-13,15H2,(H,29,36);1-3H/t19-;/m1./s1. The van der Waals surface area contributed by atoms with Crippen LogP contribution in [-0.2, 0) is 26.7 Å². The Kier molecular flexibility index (Phi) is 12.5. The SMILES string of the molecule is O=C1CCN(C(=O)Nc2ccc(Cl)c(C(F)(F)F)c2)CCN1CCCC(=O)N1CCC2(CC2)[C@H](O)C1.O=C=Nc1ccc(Cl)c(C(F)(F)F)c1. The minimum Gasteiger partial charge on any atom is -0.391 e. The molecule has 1 spiro atoms. The van der Waals surface area contributed by atoms with E-state index < -0.39 is 45.7 Å². The van der Waals surface area contributed by atoms with E-state index in [0.29, 0.717) is 32.1 Å². The summed E-state index contributed by atoms with van der Waals surface area (Å²) in [6.45, 7) is 2.00. The summed E-state index contributed by atoms with van der Waals surface area (Å²) in [6.07, 6.45) is -4.82. The molecule has 4 amide bonds. The van der Waals surface area contributed by atoms with Crippen molar-refractivity contribution in [2.45, 2.75) is 57.0 Å². The summed E-state index contributed by atoms with van der Waals surface area (Å²) in [5.74, 6) is -0.179. The summed E-state index contributed by atoms with van der Waals surface area (Å²) in [6, 6.07) is 5.44. The van der Waals surface area contributed by atoms with Gasteiger partial charge in [-0.25, -0.2) is 9.59 Å². The largest absolute Gasteiger partial charge is 0.417 e. The number of β-amino-alcohol motifs (C(OH)–C–C–N with tert-alkyl or cyclic N) is 1. The first-order valence-corrected chi connectivity index (χ1v) is 16.3. The van der Waals surface area contributed by atoms with Gasteiger partial charge in [-0.1, -0.05) is 23.2 Å². The number of nitrogens with one attached hydrogen (secondary N) is 1. The summed E-state index contributed by atoms with van der Waals surface area (Å²) < 4.78 is 76.0. The van der Waals surface area contributed by atoms with Crippen molar-refractivity contribution < 1.29 is 50.6 Å². The van der Waals surface area contributed by atoms with Crippen LogP contribution >= 0.6 is 23.2 Å². The van der Waals surface area contributed by atoms with E-state index in [9.17, 15) is 50.6 Å². The molecular formula is C32H33Cl2F6N5O5. The van der Waals surface area contributed by atoms with Crippen LogP contribution in [0.25, 0.3) is 0 Å². The molecule has 1 atom stereocenters. The minimum atomic E-state index is -4.65. The number of aliphatic hydroxyl groups excluding tert-OH is 1. The summed E-state index contributed by atoms with van der Waals surface area (Å²) in [4.78, 5) is 55.3. The highest BCUT2D eigenvalue weighted by molar-refractivity contribution is 6.31. The van der Waals surface area contributed by atoms with Gasteiger partial charge in [0.15, 0.2) is 0 Å². The molecule has 18 heteroatoms. The molecule has 3 aliphatic rings. The summed E-state index contributed by atoms with van der Waals surface area (Å²) in [5.41, 5.74) is -2.20. The third kappa shape index (κ3) is 10.1. The zero-order valence-corrected chi connectivity index (χ0v) is 27.9. The maximum atomic E-state index is 13.1. The van der Waals surface area contributed by atoms with Crippen molar-refractivity contribution in [3.63, 3.8) is 0 Å². The Balaban J connectivity index is 0.000000337. The number of hydrogen-bond acceptors (Lipinski definition) is 6. The second kappa shape index (κ2) is 16.0. The van der Waals surface area contributed by atoms with E-state index in [-0.39, 0.29) is 61.1 Å². The number of nitrogens with zero attached hydrogens (tertiary/aromatic N) is 4. The number of hydrogen-bond donors (Lipinski definition) is 2. The molecule has 50 heavy (non-hydrogen) atoms. The Bertz CT molecular complexity index is 1630. The monoisotopic (exact) mass is 751 g/mol. The van der Waals surface area contributed by atoms with Crippen molar-refractivity contribution >= 4 is 58.5 Å². The first kappa shape index (κ1) is 38.9. The lowest BCUT2D eigenvalue weighted by molar-refractivity contribution is -0.138. The second-order valence-corrected chi connectivity index (χ2v) is 13.0. The van der Waals surface area contributed by atoms with Crippen LogP contribution in [0.3, 0.4) is 0 Å². The van der Waals surface area contributed by atoms with E-state index in [1.165, 1.54) is 17.0 Å². The molecule has 10 nitrogen and oxygen atoms in total. The fourth-order valence-electron chi connectivity index (χ4n) is 5.75. The van der Waals surface area contributed by atoms with E-state index in [4.69, 9.17) is 23.2 Å². The van der Waals surface area contributed by atoms with Crippen LogP contribution in [0.15, 0.2) is 41.4 Å². The molecule has 2 aromatic rings. The fraction of sp³-hybridized carbons (Fsp3) is 0.500. The van der Waals surface area contributed by atoms with Gasteiger partial charge in [0.1, 0.15) is 0 Å². The van der Waals surface area contributed by atoms with E-state index in [1.807, 2.05) is 0 Å². The van der Waals surface area contributed by atoms with Gasteiger partial charge in [-0.05, 0) is 67.5 Å². The lowest BCUT2D eigenvalue weighted by Gasteiger charge is -2.36. The van der Waals surface area contributed by atoms with Crippen LogP contribution < -0.4 is 5.32 Å². The number of likely N-dealkylation sites (tertiary alicyclic amines) is 1. The number of carbonyl (C=O) groups is 3. The Labute approximate surface area is 293 Å². The molecule has 0 radical (unpaired) electrons. The first-order valence-electron chi connectivity index (χ1n) is 15.5. The molecule has 2 saturated heterocycles. The number of aliphatic hydroxyl groups is 1. The number of piperidine rings is 1. The van der Waals surface area contributed by atoms with Crippen LogP contribution in [0.1, 0.15) is 49.7 Å². The lowest BCUT2D eigenvalue weighted by Crippen LogP contribution is -2.47. The molecule has 1 aliphatic carbocycles. The number of alkyl halides is 6. The quantitative estimate of drug-likeness (QED) is 0.189. The van der Waals surface area contributed by atoms with E-state index in [1.54, 1.807) is 9.80 Å². The summed E-state index contributed by atoms with van der Waals surface area (Å²) in [5, 5.41) is 11.9. The number of anilines is 1. The number of carbonyl (C=O) groups excluding carboxylic acids is 4. The molecule has 1 saturated carbocycles. The smallest absolute Gasteiger partial charge is 0.391 e. The molecule has 0 unspecified atom stereocenters. The maximum Gasteiger partial charge on any atom is 0.417 e. The normalized spacial score (nSPS) is 18.9. The Morgan fingerprint density at radius 2 is 1.56 bits per heavy atom. The Hall–Kier alpha value is -3.85. The Morgan fingerprint density at radius 3 is 2.16 bits per heavy atom. The molecular weight excluding hydrogens is 719 g/mol. The number of aliphatic imine (C=N–C) groups is 1. The van der Waals surface area contributed by atoms with Gasteiger partial charge in [0.2, 0.25) is 17.9 Å². The van der Waals surface area contributed by atoms with Gasteiger partial charge in [-0.2, -0.15) is 31.3 Å². The number of halogens is 8. The Morgan fingerprint density at radius 1 is 0.920 bits per heavy atom. The second-order valence-electron chi connectivity index (χ2n) is 12.2. The zero-order chi connectivity index (χ0) is 36.9. The average Bonchev–Trinajstić information content (AvgIpc) is 3.85. The third-order valence-electron chi connectivity index (χ3n) is 8.87. The highest BCUT2D eigenvalue weighted by Gasteiger charge is 2.51. The van der Waals surface area contributed by atoms with Crippen LogP contribution in [0.5, 0.6) is 0 Å². The maximum absolute atomic E-state index is 13.1. The third-order valence-corrected chi connectivity index (χ3v) is 9.53. The van der Waals surface area contributed by atoms with E-state index in [2.05, 4.69) is 10.3 Å². The van der Waals surface area contributed by atoms with Gasteiger partial charge >= 0.3 is 18.4 Å². The molecule has 2 aromatic carbocycles. The lowest BCUT2D eigenvalue weighted by atomic mass is 9.90. The highest BCUT2D eigenvalue weighted by atomic mass is 35.5. The zero-order valence-electron chi connectivity index (χ0n) is 26.4. The highest BCUT2D eigenvalue weighted by Crippen LogP contribution is 2.53. The molecule has 2 aliphatic heterocycles. The van der Waals surface area contributed by atoms with Crippen molar-refractivity contribution in [2.24, 2.45) is 10.4 Å². The van der Waals surface area contributed by atoms with Gasteiger partial charge in [0, 0.05) is 57.8 Å². The van der Waals surface area contributed by atoms with E-state index >= 15 is 0 Å². The fourth-order valence-corrected chi connectivity index (χ4v) is 6.20. The molecule has 3 fully saturated rings. The van der Waals surface area contributed by atoms with Gasteiger partial charge in [-0.15, -0.1) is 0 Å². The van der Waals surface area contributed by atoms with Crippen LogP contribution in [0.2, 0.25) is 10.0 Å². The summed E-state index contributed by atoms with van der Waals surface area (Å²) >= 11 is 10.9. The number of isocyanates is 1. The van der Waals surface area contributed by atoms with Crippen molar-refractivity contribution in [1.29, 1.82) is 0 Å². The first-order chi connectivity index (χ1) is 23.4. The number of urea groups is 1. The number of amides is 4. The van der Waals surface area contributed by atoms with E-state index in [0.717, 1.165) is 43.5 Å². The molecule has 272 valence electrons. The van der Waals surface area contributed by atoms with Gasteiger partial charge in [-0.3, -0.25) is 9.59 Å². The van der Waals surface area contributed by atoms with Gasteiger partial charge < -0.3 is 25.1 Å². The molecule has 5 rings (SSSR count). The van der Waals surface area contributed by atoms with Crippen LogP contribution in [0.4, 0.5) is 42.5 Å². The minimum absolute atomic E-state index is 0.0294. The van der Waals surface area contributed by atoms with Crippen LogP contribution in [-0.4, -0.2) is 89.1 Å². The molecule has 0 bridgehead atoms. The van der Waals surface area contributed by atoms with Gasteiger partial charge in [0.25, 0.3) is 0 Å². The number of rotatable bonds is 6. The summed E-state index contributed by atoms with van der Waals surface area (Å²) in [7, 11) is 0. The molecule has 0 aromatic heterocycles. The average molecular weight is 753 g/mol.